The number of nitrogens with zero attached hydrogens (tertiary/aromatic N) is 2. The molecule has 44 heavy (non-hydrogen) atoms. The van der Waals surface area contributed by atoms with E-state index in [4.69, 9.17) is 4.74 Å². The lowest BCUT2D eigenvalue weighted by Crippen LogP contribution is -2.41. The van der Waals surface area contributed by atoms with Gasteiger partial charge in [0.05, 0.1) is 16.3 Å². The lowest BCUT2D eigenvalue weighted by molar-refractivity contribution is 0.0975. The van der Waals surface area contributed by atoms with E-state index >= 15 is 4.39 Å². The number of rotatable bonds is 5. The quantitative estimate of drug-likeness (QED) is 0.242. The summed E-state index contributed by atoms with van der Waals surface area (Å²) in [7, 11) is -4.05. The van der Waals surface area contributed by atoms with Gasteiger partial charge in [0.25, 0.3) is 5.91 Å². The molecule has 0 spiro atoms. The number of sulfone groups is 1. The van der Waals surface area contributed by atoms with Gasteiger partial charge in [0.15, 0.2) is 9.84 Å². The van der Waals surface area contributed by atoms with Gasteiger partial charge in [0.1, 0.15) is 41.3 Å². The number of ether oxygens (including phenoxy) is 1. The Morgan fingerprint density at radius 2 is 1.82 bits per heavy atom. The minimum absolute atomic E-state index is 0.0353. The zero-order valence-corrected chi connectivity index (χ0v) is 25.4. The van der Waals surface area contributed by atoms with Crippen LogP contribution in [0.25, 0.3) is 0 Å². The molecule has 1 atom stereocenters. The number of carbonyl (C=O) groups is 1. The summed E-state index contributed by atoms with van der Waals surface area (Å²) in [6.45, 7) is 5.61. The summed E-state index contributed by atoms with van der Waals surface area (Å²) in [5, 5.41) is 14.1. The first-order chi connectivity index (χ1) is 20.9. The number of hydrogen-bond acceptors (Lipinski definition) is 7. The molecule has 6 rings (SSSR count). The van der Waals surface area contributed by atoms with Crippen LogP contribution in [0.1, 0.15) is 53.6 Å². The van der Waals surface area contributed by atoms with Gasteiger partial charge in [0, 0.05) is 23.0 Å². The predicted octanol–water partition coefficient (Wildman–Crippen LogP) is 6.68. The third-order valence-electron chi connectivity index (χ3n) is 7.77. The second-order valence-corrected chi connectivity index (χ2v) is 13.9. The van der Waals surface area contributed by atoms with Crippen LogP contribution in [0, 0.1) is 18.2 Å². The van der Waals surface area contributed by atoms with Gasteiger partial charge in [-0.25, -0.2) is 17.8 Å². The first kappa shape index (κ1) is 29.4. The summed E-state index contributed by atoms with van der Waals surface area (Å²) in [5.41, 5.74) is 1.47. The fraction of sp³-hybridized carbons (Fsp3) is 0.235. The smallest absolute Gasteiger partial charge is 0.277 e. The number of aryl methyl sites for hydroxylation is 1. The van der Waals surface area contributed by atoms with Crippen molar-refractivity contribution in [1.82, 2.24) is 4.98 Å². The first-order valence-corrected chi connectivity index (χ1v) is 15.9. The molecule has 2 N–H and O–H groups in total. The van der Waals surface area contributed by atoms with Crippen molar-refractivity contribution in [2.75, 3.05) is 16.0 Å². The van der Waals surface area contributed by atoms with E-state index in [0.29, 0.717) is 11.4 Å². The second-order valence-electron chi connectivity index (χ2n) is 11.9. The number of pyridine rings is 1. The lowest BCUT2D eigenvalue weighted by atomic mass is 9.88. The number of aromatic nitrogens is 1. The van der Waals surface area contributed by atoms with Crippen LogP contribution in [0.2, 0.25) is 0 Å². The molecule has 2 aliphatic heterocycles. The molecule has 8 nitrogen and oxygen atoms in total. The number of fused-ring (bicyclic) bond motifs is 1. The first-order valence-electron chi connectivity index (χ1n) is 14.2. The van der Waals surface area contributed by atoms with Crippen molar-refractivity contribution < 1.29 is 27.4 Å². The number of nitrogens with one attached hydrogen (secondary N) is 1. The average molecular weight is 614 g/mol. The third kappa shape index (κ3) is 5.53. The molecule has 226 valence electrons. The maximum atomic E-state index is 16.3. The van der Waals surface area contributed by atoms with Gasteiger partial charge in [-0.3, -0.25) is 9.69 Å². The standard InChI is InChI=1S/C34H32FN3O5S/c1-21-9-7-12-26(36-21)33(40)38-28-13-8-14-29(39)30(28)37-27-18-34(2,3)20-44(41,42)32(27)31(38)24-16-15-23(17-25(24)35)43-19-22-10-5-4-6-11-22/h4-17,31,37,39H,18-20H2,1-3H3/t31-/m0/s1. The van der Waals surface area contributed by atoms with E-state index in [2.05, 4.69) is 10.3 Å². The van der Waals surface area contributed by atoms with Gasteiger partial charge in [-0.15, -0.1) is 0 Å². The Kier molecular flexibility index (Phi) is 7.41. The van der Waals surface area contributed by atoms with Crippen molar-refractivity contribution in [3.05, 3.63) is 124 Å². The number of amides is 1. The van der Waals surface area contributed by atoms with Gasteiger partial charge >= 0.3 is 0 Å². The highest BCUT2D eigenvalue weighted by Crippen LogP contribution is 2.52. The molecule has 10 heteroatoms. The lowest BCUT2D eigenvalue weighted by Gasteiger charge is -2.37. The molecule has 0 aliphatic carbocycles. The summed E-state index contributed by atoms with van der Waals surface area (Å²) in [5.74, 6) is -1.53. The van der Waals surface area contributed by atoms with Gasteiger partial charge in [-0.1, -0.05) is 56.3 Å². The van der Waals surface area contributed by atoms with E-state index in [1.807, 2.05) is 44.2 Å². The van der Waals surface area contributed by atoms with E-state index in [-0.39, 0.29) is 57.8 Å². The molecule has 0 saturated carbocycles. The molecular weight excluding hydrogens is 581 g/mol. The molecule has 0 fully saturated rings. The Morgan fingerprint density at radius 3 is 2.55 bits per heavy atom. The van der Waals surface area contributed by atoms with Crippen molar-refractivity contribution >= 4 is 27.1 Å². The third-order valence-corrected chi connectivity index (χ3v) is 10.1. The highest BCUT2D eigenvalue weighted by Gasteiger charge is 2.48. The number of aromatic hydroxyl groups is 1. The molecule has 4 aromatic rings. The molecular formula is C34H32FN3O5S. The van der Waals surface area contributed by atoms with Crippen molar-refractivity contribution in [1.29, 1.82) is 0 Å². The summed E-state index contributed by atoms with van der Waals surface area (Å²) >= 11 is 0. The Hall–Kier alpha value is -4.70. The van der Waals surface area contributed by atoms with Crippen molar-refractivity contribution in [3.63, 3.8) is 0 Å². The molecule has 0 unspecified atom stereocenters. The van der Waals surface area contributed by atoms with Crippen LogP contribution in [0.4, 0.5) is 15.8 Å². The largest absolute Gasteiger partial charge is 0.506 e. The summed E-state index contributed by atoms with van der Waals surface area (Å²) < 4.78 is 50.4. The van der Waals surface area contributed by atoms with E-state index in [9.17, 15) is 18.3 Å². The van der Waals surface area contributed by atoms with Crippen LogP contribution in [-0.4, -0.2) is 30.2 Å². The number of para-hydroxylation sites is 1. The predicted molar refractivity (Wildman–Crippen MR) is 167 cm³/mol. The van der Waals surface area contributed by atoms with Gasteiger partial charge < -0.3 is 15.2 Å². The number of halogens is 1. The summed E-state index contributed by atoms with van der Waals surface area (Å²) in [4.78, 5) is 19.9. The zero-order valence-electron chi connectivity index (χ0n) is 24.5. The van der Waals surface area contributed by atoms with E-state index in [0.717, 1.165) is 5.56 Å². The number of hydrogen-bond donors (Lipinski definition) is 2. The highest BCUT2D eigenvalue weighted by molar-refractivity contribution is 7.95. The van der Waals surface area contributed by atoms with Gasteiger partial charge in [-0.05, 0) is 60.7 Å². The van der Waals surface area contributed by atoms with E-state index in [1.165, 1.54) is 29.2 Å². The molecule has 3 aromatic carbocycles. The molecule has 0 saturated heterocycles. The maximum absolute atomic E-state index is 16.3. The average Bonchev–Trinajstić information content (AvgIpc) is 3.11. The van der Waals surface area contributed by atoms with E-state index in [1.54, 1.807) is 37.3 Å². The van der Waals surface area contributed by atoms with Crippen LogP contribution in [-0.2, 0) is 16.4 Å². The molecule has 0 radical (unpaired) electrons. The Labute approximate surface area is 255 Å². The second kappa shape index (κ2) is 11.1. The Morgan fingerprint density at radius 1 is 1.07 bits per heavy atom. The Bertz CT molecular complexity index is 1910. The van der Waals surface area contributed by atoms with Crippen molar-refractivity contribution in [3.8, 4) is 11.5 Å². The Balaban J connectivity index is 1.56. The number of benzene rings is 3. The number of anilines is 2. The molecule has 0 bridgehead atoms. The minimum Gasteiger partial charge on any atom is -0.506 e. The van der Waals surface area contributed by atoms with Crippen LogP contribution in [0.5, 0.6) is 11.5 Å². The zero-order chi connectivity index (χ0) is 31.2. The minimum atomic E-state index is -4.05. The van der Waals surface area contributed by atoms with Crippen molar-refractivity contribution in [2.45, 2.75) is 39.8 Å². The molecule has 3 heterocycles. The monoisotopic (exact) mass is 613 g/mol. The topological polar surface area (TPSA) is 109 Å². The summed E-state index contributed by atoms with van der Waals surface area (Å²) in [6.07, 6.45) is 0.288. The molecule has 1 aromatic heterocycles. The van der Waals surface area contributed by atoms with Crippen molar-refractivity contribution in [2.24, 2.45) is 5.41 Å². The van der Waals surface area contributed by atoms with Gasteiger partial charge in [0.2, 0.25) is 0 Å². The van der Waals surface area contributed by atoms with Crippen LogP contribution in [0.15, 0.2) is 95.5 Å². The van der Waals surface area contributed by atoms with Crippen LogP contribution >= 0.6 is 0 Å². The maximum Gasteiger partial charge on any atom is 0.277 e. The van der Waals surface area contributed by atoms with Crippen LogP contribution in [0.3, 0.4) is 0 Å². The van der Waals surface area contributed by atoms with E-state index < -0.39 is 33.0 Å². The normalized spacial score (nSPS) is 18.5. The van der Waals surface area contributed by atoms with Gasteiger partial charge in [-0.2, -0.15) is 0 Å². The van der Waals surface area contributed by atoms with Crippen LogP contribution < -0.4 is 15.0 Å². The number of phenols is 1. The SMILES string of the molecule is Cc1cccc(C(=O)N2c3cccc(O)c3NC3=C([C@@H]2c2ccc(OCc4ccccc4)cc2F)S(=O)(=O)CC(C)(C)C3)n1. The fourth-order valence-corrected chi connectivity index (χ4v) is 8.31. The molecule has 2 aliphatic rings. The molecule has 1 amide bonds. The summed E-state index contributed by atoms with van der Waals surface area (Å²) in [6, 6.07) is 21.8. The number of carbonyl (C=O) groups excluding carboxylic acids is 1. The number of phenolic OH excluding ortho intramolecular Hbond substituents is 1. The highest BCUT2D eigenvalue weighted by atomic mass is 32.2. The number of allylic oxidation sites excluding steroid dienone is 1. The fourth-order valence-electron chi connectivity index (χ4n) is 5.95.